The maximum Gasteiger partial charge on any atom is 0.125 e. The minimum absolute atomic E-state index is 0.245. The largest absolute Gasteiger partial charge is 0.316 e. The highest BCUT2D eigenvalue weighted by molar-refractivity contribution is 5.37. The molecule has 0 unspecified atom stereocenters. The van der Waals surface area contributed by atoms with Crippen molar-refractivity contribution in [2.24, 2.45) is 0 Å². The van der Waals surface area contributed by atoms with Crippen LogP contribution in [0.3, 0.4) is 0 Å². The number of nitrogens with zero attached hydrogens (tertiary/aromatic N) is 2. The van der Waals surface area contributed by atoms with Crippen LogP contribution >= 0.6 is 0 Å². The SMILES string of the molecule is CNCc1c(C)nn(-c2cccc(F)c2)c1C. The van der Waals surface area contributed by atoms with Gasteiger partial charge in [0.2, 0.25) is 0 Å². The van der Waals surface area contributed by atoms with Gasteiger partial charge in [-0.3, -0.25) is 0 Å². The van der Waals surface area contributed by atoms with E-state index in [4.69, 9.17) is 0 Å². The number of hydrogen-bond acceptors (Lipinski definition) is 2. The molecule has 0 aliphatic heterocycles. The Labute approximate surface area is 100 Å². The Morgan fingerprint density at radius 3 is 2.76 bits per heavy atom. The van der Waals surface area contributed by atoms with Gasteiger partial charge >= 0.3 is 0 Å². The van der Waals surface area contributed by atoms with Gasteiger partial charge in [0.15, 0.2) is 0 Å². The molecular weight excluding hydrogens is 217 g/mol. The fourth-order valence-corrected chi connectivity index (χ4v) is 1.97. The van der Waals surface area contributed by atoms with Crippen molar-refractivity contribution in [3.63, 3.8) is 0 Å². The zero-order valence-corrected chi connectivity index (χ0v) is 10.3. The summed E-state index contributed by atoms with van der Waals surface area (Å²) in [6, 6.07) is 6.47. The van der Waals surface area contributed by atoms with Gasteiger partial charge < -0.3 is 5.32 Å². The van der Waals surface area contributed by atoms with E-state index in [0.717, 1.165) is 29.2 Å². The highest BCUT2D eigenvalue weighted by atomic mass is 19.1. The van der Waals surface area contributed by atoms with Gasteiger partial charge in [-0.1, -0.05) is 6.07 Å². The summed E-state index contributed by atoms with van der Waals surface area (Å²) in [5.74, 6) is -0.245. The van der Waals surface area contributed by atoms with Crippen molar-refractivity contribution in [1.29, 1.82) is 0 Å². The average Bonchev–Trinajstić information content (AvgIpc) is 2.57. The van der Waals surface area contributed by atoms with Gasteiger partial charge in [-0.25, -0.2) is 9.07 Å². The molecule has 0 radical (unpaired) electrons. The second kappa shape index (κ2) is 4.67. The molecule has 0 aliphatic rings. The molecule has 0 fully saturated rings. The molecule has 0 saturated heterocycles. The van der Waals surface area contributed by atoms with E-state index in [1.54, 1.807) is 10.7 Å². The van der Waals surface area contributed by atoms with Crippen LogP contribution in [-0.2, 0) is 6.54 Å². The lowest BCUT2D eigenvalue weighted by atomic mass is 10.2. The first-order chi connectivity index (χ1) is 8.13. The predicted molar refractivity (Wildman–Crippen MR) is 65.8 cm³/mol. The fourth-order valence-electron chi connectivity index (χ4n) is 1.97. The third-order valence-corrected chi connectivity index (χ3v) is 2.85. The molecular formula is C13H16FN3. The summed E-state index contributed by atoms with van der Waals surface area (Å²) in [4.78, 5) is 0. The Balaban J connectivity index is 2.50. The summed E-state index contributed by atoms with van der Waals surface area (Å²) >= 11 is 0. The van der Waals surface area contributed by atoms with Crippen molar-refractivity contribution in [1.82, 2.24) is 15.1 Å². The van der Waals surface area contributed by atoms with Gasteiger partial charge in [-0.15, -0.1) is 0 Å². The molecule has 4 heteroatoms. The molecule has 0 aliphatic carbocycles. The third kappa shape index (κ3) is 2.22. The van der Waals surface area contributed by atoms with Gasteiger partial charge in [-0.2, -0.15) is 5.10 Å². The van der Waals surface area contributed by atoms with E-state index in [-0.39, 0.29) is 5.82 Å². The van der Waals surface area contributed by atoms with Gasteiger partial charge in [0.05, 0.1) is 11.4 Å². The van der Waals surface area contributed by atoms with Crippen molar-refractivity contribution in [3.05, 3.63) is 47.0 Å². The lowest BCUT2D eigenvalue weighted by Gasteiger charge is -2.05. The highest BCUT2D eigenvalue weighted by Crippen LogP contribution is 2.18. The van der Waals surface area contributed by atoms with Crippen LogP contribution in [0.5, 0.6) is 0 Å². The number of hydrogen-bond donors (Lipinski definition) is 1. The van der Waals surface area contributed by atoms with Crippen molar-refractivity contribution in [3.8, 4) is 5.69 Å². The summed E-state index contributed by atoms with van der Waals surface area (Å²) in [5, 5.41) is 7.56. The molecule has 3 nitrogen and oxygen atoms in total. The fraction of sp³-hybridized carbons (Fsp3) is 0.308. The van der Waals surface area contributed by atoms with Gasteiger partial charge in [0.1, 0.15) is 5.82 Å². The number of nitrogens with one attached hydrogen (secondary N) is 1. The summed E-state index contributed by atoms with van der Waals surface area (Å²) < 4.78 is 15.0. The minimum atomic E-state index is -0.245. The Morgan fingerprint density at radius 1 is 1.35 bits per heavy atom. The molecule has 2 rings (SSSR count). The molecule has 1 heterocycles. The monoisotopic (exact) mass is 233 g/mol. The van der Waals surface area contributed by atoms with E-state index in [1.165, 1.54) is 12.1 Å². The molecule has 0 amide bonds. The standard InChI is InChI=1S/C13H16FN3/c1-9-13(8-15-3)10(2)17(16-9)12-6-4-5-11(14)7-12/h4-7,15H,8H2,1-3H3. The second-order valence-electron chi connectivity index (χ2n) is 4.07. The minimum Gasteiger partial charge on any atom is -0.316 e. The zero-order valence-electron chi connectivity index (χ0n) is 10.3. The lowest BCUT2D eigenvalue weighted by Crippen LogP contribution is -2.07. The summed E-state index contributed by atoms with van der Waals surface area (Å²) in [6.07, 6.45) is 0. The maximum absolute atomic E-state index is 13.2. The summed E-state index contributed by atoms with van der Waals surface area (Å²) in [7, 11) is 1.90. The number of aryl methyl sites for hydroxylation is 1. The first-order valence-corrected chi connectivity index (χ1v) is 5.59. The van der Waals surface area contributed by atoms with Crippen LogP contribution in [0.4, 0.5) is 4.39 Å². The molecule has 0 spiro atoms. The van der Waals surface area contributed by atoms with E-state index < -0.39 is 0 Å². The van der Waals surface area contributed by atoms with Crippen molar-refractivity contribution in [2.45, 2.75) is 20.4 Å². The first kappa shape index (κ1) is 11.8. The Kier molecular flexibility index (Phi) is 3.24. The van der Waals surface area contributed by atoms with Crippen molar-refractivity contribution < 1.29 is 4.39 Å². The van der Waals surface area contributed by atoms with E-state index in [9.17, 15) is 4.39 Å². The van der Waals surface area contributed by atoms with Crippen molar-refractivity contribution >= 4 is 0 Å². The van der Waals surface area contributed by atoms with Crippen LogP contribution in [0.2, 0.25) is 0 Å². The van der Waals surface area contributed by atoms with Crippen LogP contribution in [-0.4, -0.2) is 16.8 Å². The maximum atomic E-state index is 13.2. The third-order valence-electron chi connectivity index (χ3n) is 2.85. The Morgan fingerprint density at radius 2 is 2.12 bits per heavy atom. The molecule has 17 heavy (non-hydrogen) atoms. The quantitative estimate of drug-likeness (QED) is 0.882. The van der Waals surface area contributed by atoms with Gasteiger partial charge in [0.25, 0.3) is 0 Å². The Bertz CT molecular complexity index is 531. The number of halogens is 1. The van der Waals surface area contributed by atoms with E-state index in [0.29, 0.717) is 0 Å². The molecule has 0 saturated carbocycles. The average molecular weight is 233 g/mol. The molecule has 0 atom stereocenters. The topological polar surface area (TPSA) is 29.9 Å². The van der Waals surface area contributed by atoms with Gasteiger partial charge in [-0.05, 0) is 39.1 Å². The summed E-state index contributed by atoms with van der Waals surface area (Å²) in [5.41, 5.74) is 3.94. The van der Waals surface area contributed by atoms with Crippen LogP contribution in [0.1, 0.15) is 17.0 Å². The predicted octanol–water partition coefficient (Wildman–Crippen LogP) is 2.35. The summed E-state index contributed by atoms with van der Waals surface area (Å²) in [6.45, 7) is 4.74. The molecule has 1 aromatic heterocycles. The van der Waals surface area contributed by atoms with E-state index in [1.807, 2.05) is 27.0 Å². The molecule has 0 bridgehead atoms. The number of benzene rings is 1. The Hall–Kier alpha value is -1.68. The van der Waals surface area contributed by atoms with Crippen LogP contribution in [0, 0.1) is 19.7 Å². The van der Waals surface area contributed by atoms with Crippen LogP contribution in [0.25, 0.3) is 5.69 Å². The van der Waals surface area contributed by atoms with Crippen molar-refractivity contribution in [2.75, 3.05) is 7.05 Å². The molecule has 1 aromatic carbocycles. The normalized spacial score (nSPS) is 10.8. The first-order valence-electron chi connectivity index (χ1n) is 5.59. The number of rotatable bonds is 3. The van der Waals surface area contributed by atoms with Crippen LogP contribution < -0.4 is 5.32 Å². The highest BCUT2D eigenvalue weighted by Gasteiger charge is 2.11. The molecule has 90 valence electrons. The second-order valence-corrected chi connectivity index (χ2v) is 4.07. The van der Waals surface area contributed by atoms with Crippen LogP contribution in [0.15, 0.2) is 24.3 Å². The number of aromatic nitrogens is 2. The smallest absolute Gasteiger partial charge is 0.125 e. The lowest BCUT2D eigenvalue weighted by molar-refractivity contribution is 0.625. The zero-order chi connectivity index (χ0) is 12.4. The van der Waals surface area contributed by atoms with E-state index >= 15 is 0 Å². The molecule has 1 N–H and O–H groups in total. The molecule has 2 aromatic rings. The van der Waals surface area contributed by atoms with Gasteiger partial charge in [0, 0.05) is 17.8 Å². The van der Waals surface area contributed by atoms with E-state index in [2.05, 4.69) is 10.4 Å².